The largest absolute Gasteiger partial charge is 0.350 e. The van der Waals surface area contributed by atoms with Crippen LogP contribution in [0.3, 0.4) is 0 Å². The summed E-state index contributed by atoms with van der Waals surface area (Å²) in [7, 11) is 0. The van der Waals surface area contributed by atoms with E-state index in [2.05, 4.69) is 16.0 Å². The predicted molar refractivity (Wildman–Crippen MR) is 90.6 cm³/mol. The summed E-state index contributed by atoms with van der Waals surface area (Å²) in [5, 5.41) is 8.93. The van der Waals surface area contributed by atoms with Crippen molar-refractivity contribution >= 4 is 29.9 Å². The van der Waals surface area contributed by atoms with E-state index in [0.29, 0.717) is 11.3 Å². The second-order valence-corrected chi connectivity index (χ2v) is 5.70. The molecule has 3 N–H and O–H groups in total. The van der Waals surface area contributed by atoms with Gasteiger partial charge in [0.15, 0.2) is 0 Å². The van der Waals surface area contributed by atoms with E-state index in [1.807, 2.05) is 13.8 Å². The quantitative estimate of drug-likeness (QED) is 0.795. The highest BCUT2D eigenvalue weighted by Crippen LogP contribution is 2.13. The first-order valence-electron chi connectivity index (χ1n) is 7.51. The van der Waals surface area contributed by atoms with E-state index >= 15 is 0 Å². The SMILES string of the molecule is CC(C)NC(=O)c1ccc(NC(=O)C2CCCCN2)cc1.Cl. The molecule has 0 saturated carbocycles. The highest BCUT2D eigenvalue weighted by Gasteiger charge is 2.20. The molecule has 2 rings (SSSR count). The fourth-order valence-corrected chi connectivity index (χ4v) is 2.36. The minimum absolute atomic E-state index is 0. The van der Waals surface area contributed by atoms with Gasteiger partial charge in [-0.25, -0.2) is 0 Å². The molecular formula is C16H24ClN3O2. The Balaban J connectivity index is 0.00000242. The minimum Gasteiger partial charge on any atom is -0.350 e. The van der Waals surface area contributed by atoms with Crippen molar-refractivity contribution in [2.75, 3.05) is 11.9 Å². The Hall–Kier alpha value is -1.59. The summed E-state index contributed by atoms with van der Waals surface area (Å²) in [4.78, 5) is 23.9. The maximum Gasteiger partial charge on any atom is 0.251 e. The van der Waals surface area contributed by atoms with Crippen LogP contribution in [0.2, 0.25) is 0 Å². The van der Waals surface area contributed by atoms with Gasteiger partial charge in [0.25, 0.3) is 5.91 Å². The highest BCUT2D eigenvalue weighted by molar-refractivity contribution is 5.97. The Bertz CT molecular complexity index is 497. The maximum absolute atomic E-state index is 12.1. The first-order chi connectivity index (χ1) is 10.1. The van der Waals surface area contributed by atoms with E-state index in [-0.39, 0.29) is 36.3 Å². The second kappa shape index (κ2) is 8.76. The number of halogens is 1. The minimum atomic E-state index is -0.109. The summed E-state index contributed by atoms with van der Waals surface area (Å²) < 4.78 is 0. The van der Waals surface area contributed by atoms with Crippen LogP contribution in [0.5, 0.6) is 0 Å². The predicted octanol–water partition coefficient (Wildman–Crippen LogP) is 2.33. The number of hydrogen-bond acceptors (Lipinski definition) is 3. The molecule has 1 atom stereocenters. The highest BCUT2D eigenvalue weighted by atomic mass is 35.5. The van der Waals surface area contributed by atoms with Gasteiger partial charge in [-0.15, -0.1) is 12.4 Å². The van der Waals surface area contributed by atoms with Crippen LogP contribution in [0.25, 0.3) is 0 Å². The van der Waals surface area contributed by atoms with Crippen molar-refractivity contribution in [3.8, 4) is 0 Å². The Morgan fingerprint density at radius 3 is 2.41 bits per heavy atom. The number of rotatable bonds is 4. The number of hydrogen-bond donors (Lipinski definition) is 3. The number of piperidine rings is 1. The van der Waals surface area contributed by atoms with Gasteiger partial charge >= 0.3 is 0 Å². The molecule has 1 aliphatic heterocycles. The molecule has 1 aromatic rings. The fraction of sp³-hybridized carbons (Fsp3) is 0.500. The summed E-state index contributed by atoms with van der Waals surface area (Å²) in [6.07, 6.45) is 3.09. The number of benzene rings is 1. The first-order valence-corrected chi connectivity index (χ1v) is 7.51. The van der Waals surface area contributed by atoms with Crippen LogP contribution in [0.4, 0.5) is 5.69 Å². The number of anilines is 1. The third kappa shape index (κ3) is 5.31. The molecule has 1 saturated heterocycles. The zero-order valence-corrected chi connectivity index (χ0v) is 13.8. The molecule has 22 heavy (non-hydrogen) atoms. The van der Waals surface area contributed by atoms with Gasteiger partial charge in [-0.1, -0.05) is 6.42 Å². The third-order valence-corrected chi connectivity index (χ3v) is 3.46. The molecule has 1 unspecified atom stereocenters. The van der Waals surface area contributed by atoms with Crippen molar-refractivity contribution in [2.45, 2.75) is 45.2 Å². The molecular weight excluding hydrogens is 302 g/mol. The van der Waals surface area contributed by atoms with Crippen molar-refractivity contribution in [2.24, 2.45) is 0 Å². The smallest absolute Gasteiger partial charge is 0.251 e. The standard InChI is InChI=1S/C16H23N3O2.ClH/c1-11(2)18-15(20)12-6-8-13(9-7-12)19-16(21)14-5-3-4-10-17-14;/h6-9,11,14,17H,3-5,10H2,1-2H3,(H,18,20)(H,19,21);1H. The monoisotopic (exact) mass is 325 g/mol. The van der Waals surface area contributed by atoms with Crippen LogP contribution in [0, 0.1) is 0 Å². The van der Waals surface area contributed by atoms with Crippen molar-refractivity contribution < 1.29 is 9.59 Å². The summed E-state index contributed by atoms with van der Waals surface area (Å²) in [5.74, 6) is -0.106. The molecule has 5 nitrogen and oxygen atoms in total. The van der Waals surface area contributed by atoms with Crippen molar-refractivity contribution in [1.82, 2.24) is 10.6 Å². The average molecular weight is 326 g/mol. The molecule has 0 aromatic heterocycles. The Morgan fingerprint density at radius 1 is 1.18 bits per heavy atom. The maximum atomic E-state index is 12.1. The lowest BCUT2D eigenvalue weighted by molar-refractivity contribution is -0.118. The molecule has 1 heterocycles. The second-order valence-electron chi connectivity index (χ2n) is 5.70. The van der Waals surface area contributed by atoms with Gasteiger partial charge in [-0.3, -0.25) is 9.59 Å². The lowest BCUT2D eigenvalue weighted by Crippen LogP contribution is -2.43. The van der Waals surface area contributed by atoms with Gasteiger partial charge in [0.05, 0.1) is 6.04 Å². The van der Waals surface area contributed by atoms with Gasteiger partial charge < -0.3 is 16.0 Å². The van der Waals surface area contributed by atoms with E-state index in [1.54, 1.807) is 24.3 Å². The molecule has 6 heteroatoms. The van der Waals surface area contributed by atoms with Gasteiger partial charge in [-0.05, 0) is 57.5 Å². The topological polar surface area (TPSA) is 70.2 Å². The van der Waals surface area contributed by atoms with Crippen LogP contribution < -0.4 is 16.0 Å². The Morgan fingerprint density at radius 2 is 1.86 bits per heavy atom. The van der Waals surface area contributed by atoms with Crippen LogP contribution >= 0.6 is 12.4 Å². The third-order valence-electron chi connectivity index (χ3n) is 3.46. The number of amides is 2. The van der Waals surface area contributed by atoms with E-state index in [9.17, 15) is 9.59 Å². The number of carbonyl (C=O) groups excluding carboxylic acids is 2. The van der Waals surface area contributed by atoms with Crippen molar-refractivity contribution in [1.29, 1.82) is 0 Å². The summed E-state index contributed by atoms with van der Waals surface area (Å²) in [6.45, 7) is 4.74. The lowest BCUT2D eigenvalue weighted by atomic mass is 10.0. The number of nitrogens with one attached hydrogen (secondary N) is 3. The lowest BCUT2D eigenvalue weighted by Gasteiger charge is -2.22. The molecule has 2 amide bonds. The summed E-state index contributed by atoms with van der Waals surface area (Å²) in [5.41, 5.74) is 1.31. The molecule has 0 spiro atoms. The van der Waals surface area contributed by atoms with E-state index < -0.39 is 0 Å². The van der Waals surface area contributed by atoms with Crippen LogP contribution in [-0.4, -0.2) is 30.4 Å². The van der Waals surface area contributed by atoms with Crippen LogP contribution in [-0.2, 0) is 4.79 Å². The first kappa shape index (κ1) is 18.5. The molecule has 1 aromatic carbocycles. The van der Waals surface area contributed by atoms with E-state index in [4.69, 9.17) is 0 Å². The van der Waals surface area contributed by atoms with Gasteiger partial charge in [-0.2, -0.15) is 0 Å². The molecule has 122 valence electrons. The normalized spacial score (nSPS) is 17.5. The van der Waals surface area contributed by atoms with Crippen LogP contribution in [0.1, 0.15) is 43.5 Å². The Kier molecular flexibility index (Phi) is 7.35. The molecule has 1 aliphatic rings. The van der Waals surface area contributed by atoms with Crippen molar-refractivity contribution in [3.63, 3.8) is 0 Å². The van der Waals surface area contributed by atoms with Crippen molar-refractivity contribution in [3.05, 3.63) is 29.8 Å². The summed E-state index contributed by atoms with van der Waals surface area (Å²) >= 11 is 0. The van der Waals surface area contributed by atoms with Gasteiger partial charge in [0, 0.05) is 17.3 Å². The average Bonchev–Trinajstić information content (AvgIpc) is 2.48. The molecule has 1 fully saturated rings. The fourth-order valence-electron chi connectivity index (χ4n) is 2.36. The van der Waals surface area contributed by atoms with Gasteiger partial charge in [0.1, 0.15) is 0 Å². The summed E-state index contributed by atoms with van der Waals surface area (Å²) in [6, 6.07) is 6.96. The van der Waals surface area contributed by atoms with Gasteiger partial charge in [0.2, 0.25) is 5.91 Å². The zero-order chi connectivity index (χ0) is 15.2. The Labute approximate surface area is 137 Å². The zero-order valence-electron chi connectivity index (χ0n) is 13.0. The number of carbonyl (C=O) groups is 2. The molecule has 0 radical (unpaired) electrons. The van der Waals surface area contributed by atoms with E-state index in [1.165, 1.54) is 0 Å². The van der Waals surface area contributed by atoms with E-state index in [0.717, 1.165) is 25.8 Å². The molecule has 0 bridgehead atoms. The van der Waals surface area contributed by atoms with Crippen LogP contribution in [0.15, 0.2) is 24.3 Å². The molecule has 0 aliphatic carbocycles.